The number of nitrogens with zero attached hydrogens (tertiary/aromatic N) is 4. The molecule has 0 bridgehead atoms. The van der Waals surface area contributed by atoms with Crippen LogP contribution in [-0.2, 0) is 6.54 Å². The molecule has 1 amide bonds. The molecule has 0 unspecified atom stereocenters. The van der Waals surface area contributed by atoms with Crippen LogP contribution in [0.5, 0.6) is 0 Å². The predicted octanol–water partition coefficient (Wildman–Crippen LogP) is 4.27. The minimum atomic E-state index is -0.115. The van der Waals surface area contributed by atoms with Gasteiger partial charge in [-0.15, -0.1) is 0 Å². The average Bonchev–Trinajstić information content (AvgIpc) is 3.20. The minimum Gasteiger partial charge on any atom is -0.335 e. The molecule has 6 heteroatoms. The van der Waals surface area contributed by atoms with E-state index in [-0.39, 0.29) is 5.91 Å². The Bertz CT molecular complexity index is 1090. The first-order valence-corrected chi connectivity index (χ1v) is 10.4. The summed E-state index contributed by atoms with van der Waals surface area (Å²) in [6.07, 6.45) is 1.77. The van der Waals surface area contributed by atoms with Gasteiger partial charge in [0, 0.05) is 43.9 Å². The first-order chi connectivity index (χ1) is 14.6. The Hall–Kier alpha value is -3.07. The number of rotatable bonds is 4. The third-order valence-electron chi connectivity index (χ3n) is 5.62. The van der Waals surface area contributed by atoms with Crippen LogP contribution in [0, 0.1) is 18.3 Å². The van der Waals surface area contributed by atoms with E-state index in [2.05, 4.69) is 23.1 Å². The van der Waals surface area contributed by atoms with E-state index < -0.39 is 0 Å². The summed E-state index contributed by atoms with van der Waals surface area (Å²) in [4.78, 5) is 17.6. The summed E-state index contributed by atoms with van der Waals surface area (Å²) < 4.78 is 1.79. The van der Waals surface area contributed by atoms with Crippen LogP contribution in [0.3, 0.4) is 0 Å². The van der Waals surface area contributed by atoms with Crippen molar-refractivity contribution in [1.82, 2.24) is 14.4 Å². The smallest absolute Gasteiger partial charge is 0.272 e. The summed E-state index contributed by atoms with van der Waals surface area (Å²) in [5, 5.41) is 10.2. The Labute approximate surface area is 181 Å². The highest BCUT2D eigenvalue weighted by Crippen LogP contribution is 2.26. The Kier molecular flexibility index (Phi) is 5.89. The number of nitriles is 1. The zero-order valence-corrected chi connectivity index (χ0v) is 17.6. The number of piperazine rings is 1. The molecule has 152 valence electrons. The van der Waals surface area contributed by atoms with Gasteiger partial charge >= 0.3 is 0 Å². The van der Waals surface area contributed by atoms with E-state index in [9.17, 15) is 10.1 Å². The lowest BCUT2D eigenvalue weighted by atomic mass is 10.1. The Morgan fingerprint density at radius 2 is 1.77 bits per heavy atom. The molecule has 1 fully saturated rings. The van der Waals surface area contributed by atoms with Crippen LogP contribution in [0.1, 0.15) is 27.2 Å². The van der Waals surface area contributed by atoms with Crippen molar-refractivity contribution in [3.05, 3.63) is 88.2 Å². The maximum Gasteiger partial charge on any atom is 0.272 e. The third-order valence-corrected chi connectivity index (χ3v) is 6.03. The molecule has 4 rings (SSSR count). The predicted molar refractivity (Wildman–Crippen MR) is 118 cm³/mol. The highest BCUT2D eigenvalue weighted by molar-refractivity contribution is 6.31. The van der Waals surface area contributed by atoms with Gasteiger partial charge in [0.05, 0.1) is 11.3 Å². The number of amides is 1. The molecule has 0 atom stereocenters. The van der Waals surface area contributed by atoms with Crippen LogP contribution in [0.2, 0.25) is 5.02 Å². The molecule has 2 aromatic carbocycles. The van der Waals surface area contributed by atoms with E-state index in [1.165, 1.54) is 5.56 Å². The van der Waals surface area contributed by atoms with Gasteiger partial charge in [0.15, 0.2) is 0 Å². The van der Waals surface area contributed by atoms with Crippen molar-refractivity contribution in [3.63, 3.8) is 0 Å². The molecular weight excluding hydrogens is 396 g/mol. The van der Waals surface area contributed by atoms with Crippen molar-refractivity contribution >= 4 is 17.5 Å². The molecular formula is C24H23ClN4O. The molecule has 30 heavy (non-hydrogen) atoms. The van der Waals surface area contributed by atoms with Crippen molar-refractivity contribution in [2.45, 2.75) is 13.5 Å². The number of hydrogen-bond acceptors (Lipinski definition) is 3. The number of hydrogen-bond donors (Lipinski definition) is 0. The second kappa shape index (κ2) is 8.74. The van der Waals surface area contributed by atoms with Crippen molar-refractivity contribution in [2.24, 2.45) is 0 Å². The highest BCUT2D eigenvalue weighted by Gasteiger charge is 2.27. The summed E-state index contributed by atoms with van der Waals surface area (Å²) >= 11 is 6.29. The number of carbonyl (C=O) groups is 1. The van der Waals surface area contributed by atoms with Crippen LogP contribution >= 0.6 is 11.6 Å². The maximum absolute atomic E-state index is 13.4. The molecule has 1 aromatic heterocycles. The molecule has 1 aliphatic heterocycles. The van der Waals surface area contributed by atoms with E-state index >= 15 is 0 Å². The minimum absolute atomic E-state index is 0.115. The quantitative estimate of drug-likeness (QED) is 0.635. The topological polar surface area (TPSA) is 52.3 Å². The van der Waals surface area contributed by atoms with E-state index in [1.54, 1.807) is 16.8 Å². The Balaban J connectivity index is 1.54. The summed E-state index contributed by atoms with van der Waals surface area (Å²) in [5.41, 5.74) is 3.75. The summed E-state index contributed by atoms with van der Waals surface area (Å²) in [6, 6.07) is 19.8. The normalized spacial score (nSPS) is 14.5. The van der Waals surface area contributed by atoms with Gasteiger partial charge in [-0.05, 0) is 36.2 Å². The molecule has 5 nitrogen and oxygen atoms in total. The lowest BCUT2D eigenvalue weighted by Gasteiger charge is -2.35. The third kappa shape index (κ3) is 3.97. The van der Waals surface area contributed by atoms with Crippen LogP contribution in [0.4, 0.5) is 0 Å². The van der Waals surface area contributed by atoms with Crippen LogP contribution in [-0.4, -0.2) is 46.5 Å². The average molecular weight is 419 g/mol. The van der Waals surface area contributed by atoms with Gasteiger partial charge < -0.3 is 9.47 Å². The fourth-order valence-corrected chi connectivity index (χ4v) is 4.07. The molecule has 2 heterocycles. The van der Waals surface area contributed by atoms with E-state index in [0.717, 1.165) is 30.9 Å². The summed E-state index contributed by atoms with van der Waals surface area (Å²) in [6.45, 7) is 5.68. The summed E-state index contributed by atoms with van der Waals surface area (Å²) in [5.74, 6) is -0.115. The van der Waals surface area contributed by atoms with Crippen molar-refractivity contribution in [2.75, 3.05) is 26.2 Å². The number of benzene rings is 2. The van der Waals surface area contributed by atoms with Crippen molar-refractivity contribution in [1.29, 1.82) is 5.26 Å². The first kappa shape index (κ1) is 20.2. The maximum atomic E-state index is 13.4. The SMILES string of the molecule is Cc1c(Cl)cccc1-n1ccc(C#N)c1C(=O)N1CCN(Cc2ccccc2)CC1. The highest BCUT2D eigenvalue weighted by atomic mass is 35.5. The fourth-order valence-electron chi connectivity index (χ4n) is 3.90. The van der Waals surface area contributed by atoms with Crippen LogP contribution < -0.4 is 0 Å². The number of halogens is 1. The van der Waals surface area contributed by atoms with E-state index in [4.69, 9.17) is 11.6 Å². The Morgan fingerprint density at radius 1 is 1.03 bits per heavy atom. The monoisotopic (exact) mass is 418 g/mol. The van der Waals surface area contributed by atoms with Crippen LogP contribution in [0.15, 0.2) is 60.8 Å². The molecule has 3 aromatic rings. The standard InChI is InChI=1S/C24H23ClN4O/c1-18-21(25)8-5-9-22(18)29-11-10-20(16-26)23(29)24(30)28-14-12-27(13-15-28)17-19-6-3-2-4-7-19/h2-11H,12-15,17H2,1H3. The zero-order chi connectivity index (χ0) is 21.1. The van der Waals surface area contributed by atoms with Gasteiger partial charge in [-0.3, -0.25) is 9.69 Å². The molecule has 1 aliphatic rings. The molecule has 0 radical (unpaired) electrons. The van der Waals surface area contributed by atoms with Gasteiger partial charge in [0.25, 0.3) is 5.91 Å². The molecule has 0 aliphatic carbocycles. The fraction of sp³-hybridized carbons (Fsp3) is 0.250. The lowest BCUT2D eigenvalue weighted by Crippen LogP contribution is -2.48. The number of aromatic nitrogens is 1. The Morgan fingerprint density at radius 3 is 2.47 bits per heavy atom. The van der Waals surface area contributed by atoms with Crippen molar-refractivity contribution in [3.8, 4) is 11.8 Å². The van der Waals surface area contributed by atoms with Gasteiger partial charge in [-0.25, -0.2) is 0 Å². The molecule has 0 spiro atoms. The second-order valence-electron chi connectivity index (χ2n) is 7.50. The van der Waals surface area contributed by atoms with Gasteiger partial charge in [0.1, 0.15) is 11.8 Å². The van der Waals surface area contributed by atoms with Crippen molar-refractivity contribution < 1.29 is 4.79 Å². The summed E-state index contributed by atoms with van der Waals surface area (Å²) in [7, 11) is 0. The molecule has 1 saturated heterocycles. The van der Waals surface area contributed by atoms with Gasteiger partial charge in [-0.2, -0.15) is 5.26 Å². The van der Waals surface area contributed by atoms with E-state index in [0.29, 0.717) is 29.4 Å². The largest absolute Gasteiger partial charge is 0.335 e. The van der Waals surface area contributed by atoms with Crippen LogP contribution in [0.25, 0.3) is 5.69 Å². The number of carbonyl (C=O) groups excluding carboxylic acids is 1. The lowest BCUT2D eigenvalue weighted by molar-refractivity contribution is 0.0620. The van der Waals surface area contributed by atoms with E-state index in [1.807, 2.05) is 48.2 Å². The van der Waals surface area contributed by atoms with Gasteiger partial charge in [-0.1, -0.05) is 48.0 Å². The second-order valence-corrected chi connectivity index (χ2v) is 7.90. The zero-order valence-electron chi connectivity index (χ0n) is 16.9. The molecule has 0 saturated carbocycles. The first-order valence-electron chi connectivity index (χ1n) is 10.0. The molecule has 0 N–H and O–H groups in total. The van der Waals surface area contributed by atoms with Gasteiger partial charge in [0.2, 0.25) is 0 Å².